The third kappa shape index (κ3) is 3.61. The first kappa shape index (κ1) is 16.4. The standard InChI is InChI=1S/C15H22N2O5/c1-10(17-4-6-21-7-5-17)22-14-12(19-2)8-11(15(16)18)9-13(14)20-3/h8-10H,4-7H2,1-3H3,(H2,16,18). The van der Waals surface area contributed by atoms with Crippen LogP contribution >= 0.6 is 0 Å². The van der Waals surface area contributed by atoms with Gasteiger partial charge in [-0.2, -0.15) is 0 Å². The normalized spacial score (nSPS) is 16.9. The lowest BCUT2D eigenvalue weighted by molar-refractivity contribution is -0.0387. The third-order valence-corrected chi connectivity index (χ3v) is 3.59. The first-order valence-corrected chi connectivity index (χ1v) is 7.11. The van der Waals surface area contributed by atoms with E-state index in [2.05, 4.69) is 4.90 Å². The van der Waals surface area contributed by atoms with E-state index in [4.69, 9.17) is 24.7 Å². The molecule has 1 aromatic rings. The number of nitrogens with two attached hydrogens (primary N) is 1. The maximum atomic E-state index is 11.4. The van der Waals surface area contributed by atoms with E-state index in [1.165, 1.54) is 14.2 Å². The summed E-state index contributed by atoms with van der Waals surface area (Å²) in [5, 5.41) is 0. The zero-order valence-corrected chi connectivity index (χ0v) is 13.1. The van der Waals surface area contributed by atoms with Gasteiger partial charge in [-0.05, 0) is 19.1 Å². The molecule has 1 heterocycles. The third-order valence-electron chi connectivity index (χ3n) is 3.59. The second-order valence-corrected chi connectivity index (χ2v) is 4.94. The number of morpholine rings is 1. The lowest BCUT2D eigenvalue weighted by Crippen LogP contribution is -2.44. The average molecular weight is 310 g/mol. The van der Waals surface area contributed by atoms with Crippen LogP contribution in [0.15, 0.2) is 12.1 Å². The maximum absolute atomic E-state index is 11.4. The van der Waals surface area contributed by atoms with Gasteiger partial charge in [-0.25, -0.2) is 0 Å². The molecule has 22 heavy (non-hydrogen) atoms. The minimum atomic E-state index is -0.552. The minimum Gasteiger partial charge on any atom is -0.493 e. The van der Waals surface area contributed by atoms with Crippen LogP contribution in [0.25, 0.3) is 0 Å². The van der Waals surface area contributed by atoms with Crippen LogP contribution in [0, 0.1) is 0 Å². The topological polar surface area (TPSA) is 83.2 Å². The average Bonchev–Trinajstić information content (AvgIpc) is 2.55. The molecule has 0 radical (unpaired) electrons. The first-order chi connectivity index (χ1) is 10.6. The fourth-order valence-corrected chi connectivity index (χ4v) is 2.32. The number of primary amides is 1. The Morgan fingerprint density at radius 2 is 1.77 bits per heavy atom. The molecule has 7 heteroatoms. The molecule has 1 aliphatic heterocycles. The van der Waals surface area contributed by atoms with E-state index >= 15 is 0 Å². The fraction of sp³-hybridized carbons (Fsp3) is 0.533. The van der Waals surface area contributed by atoms with Crippen LogP contribution in [0.5, 0.6) is 17.2 Å². The molecule has 1 unspecified atom stereocenters. The van der Waals surface area contributed by atoms with Crippen LogP contribution in [-0.4, -0.2) is 57.6 Å². The van der Waals surface area contributed by atoms with E-state index in [1.54, 1.807) is 12.1 Å². The summed E-state index contributed by atoms with van der Waals surface area (Å²) in [4.78, 5) is 13.5. The molecule has 1 amide bonds. The van der Waals surface area contributed by atoms with Crippen LogP contribution in [0.4, 0.5) is 0 Å². The maximum Gasteiger partial charge on any atom is 0.248 e. The zero-order chi connectivity index (χ0) is 16.1. The fourth-order valence-electron chi connectivity index (χ4n) is 2.32. The Bertz CT molecular complexity index is 504. The summed E-state index contributed by atoms with van der Waals surface area (Å²) in [5.74, 6) is 0.722. The number of rotatable bonds is 6. The van der Waals surface area contributed by atoms with E-state index < -0.39 is 5.91 Å². The lowest BCUT2D eigenvalue weighted by Gasteiger charge is -2.32. The van der Waals surface area contributed by atoms with Crippen molar-refractivity contribution in [1.82, 2.24) is 4.90 Å². The van der Waals surface area contributed by atoms with Crippen LogP contribution < -0.4 is 19.9 Å². The summed E-state index contributed by atoms with van der Waals surface area (Å²) in [6.07, 6.45) is -0.175. The van der Waals surface area contributed by atoms with Crippen molar-refractivity contribution in [3.05, 3.63) is 17.7 Å². The summed E-state index contributed by atoms with van der Waals surface area (Å²) in [6.45, 7) is 4.91. The Labute approximate surface area is 129 Å². The van der Waals surface area contributed by atoms with Crippen molar-refractivity contribution in [2.75, 3.05) is 40.5 Å². The van der Waals surface area contributed by atoms with E-state index in [0.717, 1.165) is 13.1 Å². The molecule has 7 nitrogen and oxygen atoms in total. The van der Waals surface area contributed by atoms with Gasteiger partial charge in [-0.1, -0.05) is 0 Å². The zero-order valence-electron chi connectivity index (χ0n) is 13.1. The van der Waals surface area contributed by atoms with Crippen molar-refractivity contribution < 1.29 is 23.7 Å². The van der Waals surface area contributed by atoms with Crippen molar-refractivity contribution in [3.8, 4) is 17.2 Å². The number of ether oxygens (including phenoxy) is 4. The van der Waals surface area contributed by atoms with Crippen molar-refractivity contribution in [2.45, 2.75) is 13.2 Å². The van der Waals surface area contributed by atoms with Crippen molar-refractivity contribution in [1.29, 1.82) is 0 Å². The highest BCUT2D eigenvalue weighted by Gasteiger charge is 2.23. The Morgan fingerprint density at radius 3 is 2.23 bits per heavy atom. The molecule has 122 valence electrons. The van der Waals surface area contributed by atoms with Gasteiger partial charge in [0.25, 0.3) is 0 Å². The molecule has 1 aliphatic rings. The van der Waals surface area contributed by atoms with Gasteiger partial charge >= 0.3 is 0 Å². The number of amides is 1. The Hall–Kier alpha value is -1.99. The Kier molecular flexibility index (Phi) is 5.46. The van der Waals surface area contributed by atoms with Crippen LogP contribution in [0.3, 0.4) is 0 Å². The molecule has 0 aromatic heterocycles. The number of methoxy groups -OCH3 is 2. The van der Waals surface area contributed by atoms with Gasteiger partial charge in [0.2, 0.25) is 11.7 Å². The molecular formula is C15H22N2O5. The van der Waals surface area contributed by atoms with Crippen molar-refractivity contribution in [3.63, 3.8) is 0 Å². The van der Waals surface area contributed by atoms with Gasteiger partial charge in [0, 0.05) is 18.7 Å². The number of carbonyl (C=O) groups excluding carboxylic acids is 1. The molecule has 2 N–H and O–H groups in total. The van der Waals surface area contributed by atoms with Gasteiger partial charge in [0.05, 0.1) is 27.4 Å². The molecular weight excluding hydrogens is 288 g/mol. The highest BCUT2D eigenvalue weighted by molar-refractivity contribution is 5.94. The summed E-state index contributed by atoms with van der Waals surface area (Å²) < 4.78 is 22.0. The van der Waals surface area contributed by atoms with Crippen LogP contribution in [0.1, 0.15) is 17.3 Å². The number of hydrogen-bond acceptors (Lipinski definition) is 6. The number of benzene rings is 1. The SMILES string of the molecule is COc1cc(C(N)=O)cc(OC)c1OC(C)N1CCOCC1. The summed E-state index contributed by atoms with van der Waals surface area (Å²) in [5.41, 5.74) is 5.62. The van der Waals surface area contributed by atoms with E-state index in [1.807, 2.05) is 6.92 Å². The summed E-state index contributed by atoms with van der Waals surface area (Å²) in [6, 6.07) is 3.10. The predicted octanol–water partition coefficient (Wildman–Crippen LogP) is 0.860. The largest absolute Gasteiger partial charge is 0.493 e. The highest BCUT2D eigenvalue weighted by Crippen LogP contribution is 2.39. The molecule has 0 aliphatic carbocycles. The first-order valence-electron chi connectivity index (χ1n) is 7.11. The second-order valence-electron chi connectivity index (χ2n) is 4.94. The summed E-state index contributed by atoms with van der Waals surface area (Å²) in [7, 11) is 3.01. The van der Waals surface area contributed by atoms with Gasteiger partial charge < -0.3 is 24.7 Å². The molecule has 1 aromatic carbocycles. The van der Waals surface area contributed by atoms with E-state index in [0.29, 0.717) is 36.0 Å². The quantitative estimate of drug-likeness (QED) is 0.839. The second kappa shape index (κ2) is 7.33. The van der Waals surface area contributed by atoms with Gasteiger partial charge in [-0.15, -0.1) is 0 Å². The van der Waals surface area contributed by atoms with Crippen LogP contribution in [-0.2, 0) is 4.74 Å². The summed E-state index contributed by atoms with van der Waals surface area (Å²) >= 11 is 0. The molecule has 0 spiro atoms. The van der Waals surface area contributed by atoms with Crippen LogP contribution in [0.2, 0.25) is 0 Å². The van der Waals surface area contributed by atoms with Gasteiger partial charge in [0.1, 0.15) is 6.23 Å². The Morgan fingerprint density at radius 1 is 1.23 bits per heavy atom. The minimum absolute atomic E-state index is 0.175. The molecule has 0 bridgehead atoms. The highest BCUT2D eigenvalue weighted by atomic mass is 16.6. The Balaban J connectivity index is 2.26. The number of nitrogens with zero attached hydrogens (tertiary/aromatic N) is 1. The smallest absolute Gasteiger partial charge is 0.248 e. The number of carbonyl (C=O) groups is 1. The molecule has 1 fully saturated rings. The van der Waals surface area contributed by atoms with E-state index in [-0.39, 0.29) is 6.23 Å². The molecule has 1 atom stereocenters. The van der Waals surface area contributed by atoms with Gasteiger partial charge in [0.15, 0.2) is 11.5 Å². The van der Waals surface area contributed by atoms with Crippen molar-refractivity contribution in [2.24, 2.45) is 5.73 Å². The molecule has 0 saturated carbocycles. The van der Waals surface area contributed by atoms with Crippen molar-refractivity contribution >= 4 is 5.91 Å². The predicted molar refractivity (Wildman–Crippen MR) is 80.5 cm³/mol. The molecule has 2 rings (SSSR count). The lowest BCUT2D eigenvalue weighted by atomic mass is 10.1. The monoisotopic (exact) mass is 310 g/mol. The molecule has 1 saturated heterocycles. The van der Waals surface area contributed by atoms with E-state index in [9.17, 15) is 4.79 Å². The van der Waals surface area contributed by atoms with Gasteiger partial charge in [-0.3, -0.25) is 9.69 Å². The number of hydrogen-bond donors (Lipinski definition) is 1.